The molecule has 30 heavy (non-hydrogen) atoms. The van der Waals surface area contributed by atoms with Gasteiger partial charge in [0.05, 0.1) is 6.21 Å². The van der Waals surface area contributed by atoms with E-state index in [-0.39, 0.29) is 11.7 Å². The lowest BCUT2D eigenvalue weighted by Crippen LogP contribution is -2.34. The third-order valence-corrected chi connectivity index (χ3v) is 5.38. The quantitative estimate of drug-likeness (QED) is 0.401. The summed E-state index contributed by atoms with van der Waals surface area (Å²) in [5.41, 5.74) is 4.48. The molecule has 0 saturated carbocycles. The maximum absolute atomic E-state index is 13.6. The van der Waals surface area contributed by atoms with Gasteiger partial charge >= 0.3 is 5.97 Å². The van der Waals surface area contributed by atoms with Crippen molar-refractivity contribution in [1.29, 1.82) is 0 Å². The summed E-state index contributed by atoms with van der Waals surface area (Å²) in [6.45, 7) is 6.13. The van der Waals surface area contributed by atoms with Gasteiger partial charge in [0.2, 0.25) is 0 Å². The molecule has 0 bridgehead atoms. The fraction of sp³-hybridized carbons (Fsp3) is 0.333. The van der Waals surface area contributed by atoms with Gasteiger partial charge in [0.15, 0.2) is 0 Å². The van der Waals surface area contributed by atoms with Gasteiger partial charge in [0, 0.05) is 31.1 Å². The number of hydrogen-bond acceptors (Lipinski definition) is 4. The Morgan fingerprint density at radius 3 is 2.73 bits per heavy atom. The SMILES string of the molecule is Cc1ccccc1C(C=NOCCN1CCC=C(C(=O)O)C1)c1ccc(F)cc1C. The first-order valence-electron chi connectivity index (χ1n) is 10.1. The van der Waals surface area contributed by atoms with Crippen LogP contribution in [0.4, 0.5) is 4.39 Å². The molecular formula is C24H27FN2O3. The third kappa shape index (κ3) is 5.54. The van der Waals surface area contributed by atoms with Crippen LogP contribution in [0.1, 0.15) is 34.6 Å². The highest BCUT2D eigenvalue weighted by Crippen LogP contribution is 2.28. The molecule has 0 spiro atoms. The first-order chi connectivity index (χ1) is 14.5. The van der Waals surface area contributed by atoms with Crippen molar-refractivity contribution in [2.45, 2.75) is 26.2 Å². The molecule has 0 aliphatic carbocycles. The predicted molar refractivity (Wildman–Crippen MR) is 115 cm³/mol. The van der Waals surface area contributed by atoms with Crippen LogP contribution in [-0.2, 0) is 9.63 Å². The van der Waals surface area contributed by atoms with Gasteiger partial charge in [-0.3, -0.25) is 4.90 Å². The van der Waals surface area contributed by atoms with Crippen molar-refractivity contribution < 1.29 is 19.1 Å². The van der Waals surface area contributed by atoms with Gasteiger partial charge in [-0.05, 0) is 54.7 Å². The van der Waals surface area contributed by atoms with Crippen LogP contribution >= 0.6 is 0 Å². The molecule has 0 saturated heterocycles. The van der Waals surface area contributed by atoms with E-state index in [1.54, 1.807) is 18.4 Å². The van der Waals surface area contributed by atoms with E-state index in [1.165, 1.54) is 12.1 Å². The summed E-state index contributed by atoms with van der Waals surface area (Å²) >= 11 is 0. The van der Waals surface area contributed by atoms with Gasteiger partial charge in [-0.25, -0.2) is 9.18 Å². The van der Waals surface area contributed by atoms with E-state index >= 15 is 0 Å². The zero-order valence-electron chi connectivity index (χ0n) is 17.3. The van der Waals surface area contributed by atoms with Crippen molar-refractivity contribution in [3.63, 3.8) is 0 Å². The van der Waals surface area contributed by atoms with E-state index in [2.05, 4.69) is 5.16 Å². The molecule has 2 aromatic rings. The second-order valence-electron chi connectivity index (χ2n) is 7.52. The Hall–Kier alpha value is -2.99. The number of carboxylic acid groups (broad SMARTS) is 1. The standard InChI is InChI=1S/C24H27FN2O3/c1-17-6-3-4-8-21(17)23(22-10-9-20(25)14-18(22)2)15-26-30-13-12-27-11-5-7-19(16-27)24(28)29/h3-4,6-10,14-15,23H,5,11-13,16H2,1-2H3,(H,28,29). The van der Waals surface area contributed by atoms with E-state index in [0.29, 0.717) is 25.3 Å². The molecule has 6 heteroatoms. The van der Waals surface area contributed by atoms with Crippen molar-refractivity contribution in [3.05, 3.63) is 82.2 Å². The highest BCUT2D eigenvalue weighted by atomic mass is 19.1. The molecule has 1 aliphatic rings. The number of oxime groups is 1. The Kier molecular flexibility index (Phi) is 7.36. The third-order valence-electron chi connectivity index (χ3n) is 5.38. The zero-order valence-corrected chi connectivity index (χ0v) is 17.3. The lowest BCUT2D eigenvalue weighted by Gasteiger charge is -2.24. The minimum absolute atomic E-state index is 0.150. The minimum atomic E-state index is -0.866. The summed E-state index contributed by atoms with van der Waals surface area (Å²) in [5, 5.41) is 13.3. The summed E-state index contributed by atoms with van der Waals surface area (Å²) in [5.74, 6) is -1.28. The van der Waals surface area contributed by atoms with Crippen molar-refractivity contribution in [3.8, 4) is 0 Å². The van der Waals surface area contributed by atoms with Crippen molar-refractivity contribution >= 4 is 12.2 Å². The lowest BCUT2D eigenvalue weighted by molar-refractivity contribution is -0.133. The second kappa shape index (κ2) is 10.2. The molecule has 0 aromatic heterocycles. The Balaban J connectivity index is 1.67. The maximum Gasteiger partial charge on any atom is 0.332 e. The summed E-state index contributed by atoms with van der Waals surface area (Å²) in [6, 6.07) is 12.8. The normalized spacial score (nSPS) is 15.8. The number of rotatable bonds is 8. The van der Waals surface area contributed by atoms with Gasteiger partial charge in [0.1, 0.15) is 12.4 Å². The highest BCUT2D eigenvalue weighted by molar-refractivity contribution is 5.87. The molecule has 5 nitrogen and oxygen atoms in total. The number of carboxylic acids is 1. The van der Waals surface area contributed by atoms with Crippen molar-refractivity contribution in [1.82, 2.24) is 4.90 Å². The zero-order chi connectivity index (χ0) is 21.5. The van der Waals surface area contributed by atoms with E-state index in [4.69, 9.17) is 9.94 Å². The fourth-order valence-corrected chi connectivity index (χ4v) is 3.73. The first-order valence-corrected chi connectivity index (χ1v) is 10.1. The molecule has 3 rings (SSSR count). The first kappa shape index (κ1) is 21.7. The van der Waals surface area contributed by atoms with Gasteiger partial charge < -0.3 is 9.94 Å². The monoisotopic (exact) mass is 410 g/mol. The number of carbonyl (C=O) groups is 1. The molecule has 2 aromatic carbocycles. The minimum Gasteiger partial charge on any atom is -0.478 e. The topological polar surface area (TPSA) is 62.1 Å². The molecule has 158 valence electrons. The van der Waals surface area contributed by atoms with Crippen LogP contribution in [-0.4, -0.2) is 48.4 Å². The van der Waals surface area contributed by atoms with Crippen LogP contribution in [0.2, 0.25) is 0 Å². The van der Waals surface area contributed by atoms with Crippen LogP contribution in [0.15, 0.2) is 59.3 Å². The van der Waals surface area contributed by atoms with Crippen LogP contribution in [0.25, 0.3) is 0 Å². The Bertz CT molecular complexity index is 955. The summed E-state index contributed by atoms with van der Waals surface area (Å²) in [4.78, 5) is 18.7. The molecule has 0 amide bonds. The van der Waals surface area contributed by atoms with E-state index in [9.17, 15) is 9.18 Å². The fourth-order valence-electron chi connectivity index (χ4n) is 3.73. The van der Waals surface area contributed by atoms with E-state index in [1.807, 2.05) is 43.0 Å². The summed E-state index contributed by atoms with van der Waals surface area (Å²) in [6.07, 6.45) is 4.25. The van der Waals surface area contributed by atoms with Gasteiger partial charge in [-0.2, -0.15) is 0 Å². The average molecular weight is 410 g/mol. The maximum atomic E-state index is 13.6. The van der Waals surface area contributed by atoms with Gasteiger partial charge in [-0.15, -0.1) is 0 Å². The smallest absolute Gasteiger partial charge is 0.332 e. The molecule has 1 atom stereocenters. The second-order valence-corrected chi connectivity index (χ2v) is 7.52. The summed E-state index contributed by atoms with van der Waals surface area (Å²) < 4.78 is 13.6. The largest absolute Gasteiger partial charge is 0.478 e. The van der Waals surface area contributed by atoms with Crippen molar-refractivity contribution in [2.75, 3.05) is 26.2 Å². The molecule has 0 radical (unpaired) electrons. The lowest BCUT2D eigenvalue weighted by atomic mass is 9.87. The Labute approximate surface area is 176 Å². The molecule has 1 N–H and O–H groups in total. The Morgan fingerprint density at radius 2 is 2.00 bits per heavy atom. The van der Waals surface area contributed by atoms with Gasteiger partial charge in [0.25, 0.3) is 0 Å². The molecule has 1 unspecified atom stereocenters. The van der Waals surface area contributed by atoms with E-state index < -0.39 is 5.97 Å². The van der Waals surface area contributed by atoms with E-state index in [0.717, 1.165) is 35.2 Å². The number of benzene rings is 2. The predicted octanol–water partition coefficient (Wildman–Crippen LogP) is 4.29. The molecule has 0 fully saturated rings. The molecule has 1 aliphatic heterocycles. The van der Waals surface area contributed by atoms with Gasteiger partial charge in [-0.1, -0.05) is 41.6 Å². The number of nitrogens with zero attached hydrogens (tertiary/aromatic N) is 2. The summed E-state index contributed by atoms with van der Waals surface area (Å²) in [7, 11) is 0. The van der Waals surface area contributed by atoms with Crippen LogP contribution < -0.4 is 0 Å². The highest BCUT2D eigenvalue weighted by Gasteiger charge is 2.18. The van der Waals surface area contributed by atoms with Crippen molar-refractivity contribution in [2.24, 2.45) is 5.16 Å². The number of aliphatic carboxylic acids is 1. The molecule has 1 heterocycles. The number of hydrogen-bond donors (Lipinski definition) is 1. The Morgan fingerprint density at radius 1 is 1.23 bits per heavy atom. The molecular weight excluding hydrogens is 383 g/mol. The number of halogens is 1. The number of aryl methyl sites for hydroxylation is 2. The van der Waals surface area contributed by atoms with Crippen LogP contribution in [0.3, 0.4) is 0 Å². The van der Waals surface area contributed by atoms with Crippen LogP contribution in [0, 0.1) is 19.7 Å². The van der Waals surface area contributed by atoms with Crippen LogP contribution in [0.5, 0.6) is 0 Å². The average Bonchev–Trinajstić information content (AvgIpc) is 2.72.